The molecule has 230 valence electrons. The highest BCUT2D eigenvalue weighted by molar-refractivity contribution is 7.92. The van der Waals surface area contributed by atoms with E-state index in [-0.39, 0.29) is 35.2 Å². The van der Waals surface area contributed by atoms with Gasteiger partial charge >= 0.3 is 0 Å². The molecule has 0 saturated heterocycles. The maximum absolute atomic E-state index is 14.5. The molecule has 4 aromatic rings. The Hall–Kier alpha value is -4.34. The molecule has 0 spiro atoms. The molecule has 4 aromatic carbocycles. The quantitative estimate of drug-likeness (QED) is 0.221. The number of benzene rings is 4. The summed E-state index contributed by atoms with van der Waals surface area (Å²) in [6.07, 6.45) is 0.214. The molecule has 0 aliphatic carbocycles. The molecule has 2 amide bonds. The van der Waals surface area contributed by atoms with E-state index in [1.165, 1.54) is 31.2 Å². The fourth-order valence-corrected chi connectivity index (χ4v) is 6.53. The molecule has 0 radical (unpaired) electrons. The lowest BCUT2D eigenvalue weighted by atomic mass is 10.0. The number of carbonyl (C=O) groups excluding carboxylic acids is 2. The van der Waals surface area contributed by atoms with Gasteiger partial charge in [0.1, 0.15) is 18.3 Å². The van der Waals surface area contributed by atoms with Gasteiger partial charge in [-0.15, -0.1) is 0 Å². The minimum Gasteiger partial charge on any atom is -0.495 e. The predicted octanol–water partition coefficient (Wildman–Crippen LogP) is 5.55. The number of amides is 2. The standard InChI is InChI=1S/C34H36ClN3O5S/c1-24-13-16-29(17-14-24)44(41,42)38(30-19-25(2)15-18-32(30)43-4)23-33(39)37(22-27-11-8-12-28(35)20-27)31(34(40)36-3)21-26-9-6-5-7-10-26/h5-20,31H,21-23H2,1-4H3,(H,36,40)/t31-/m0/s1. The van der Waals surface area contributed by atoms with Gasteiger partial charge in [0, 0.05) is 25.0 Å². The molecule has 4 rings (SSSR count). The van der Waals surface area contributed by atoms with Crippen LogP contribution >= 0.6 is 11.6 Å². The first kappa shape index (κ1) is 32.6. The summed E-state index contributed by atoms with van der Waals surface area (Å²) in [5.74, 6) is -0.674. The molecule has 0 aromatic heterocycles. The average Bonchev–Trinajstić information content (AvgIpc) is 3.01. The molecule has 0 fully saturated rings. The molecule has 0 saturated carbocycles. The predicted molar refractivity (Wildman–Crippen MR) is 173 cm³/mol. The van der Waals surface area contributed by atoms with Crippen molar-refractivity contribution in [1.82, 2.24) is 10.2 Å². The Kier molecular flexibility index (Phi) is 10.7. The zero-order valence-electron chi connectivity index (χ0n) is 25.2. The van der Waals surface area contributed by atoms with Crippen LogP contribution in [0.5, 0.6) is 5.75 Å². The van der Waals surface area contributed by atoms with Gasteiger partial charge in [-0.3, -0.25) is 13.9 Å². The van der Waals surface area contributed by atoms with Crippen molar-refractivity contribution in [3.05, 3.63) is 124 Å². The topological polar surface area (TPSA) is 96.0 Å². The van der Waals surface area contributed by atoms with Crippen molar-refractivity contribution in [3.8, 4) is 5.75 Å². The number of sulfonamides is 1. The van der Waals surface area contributed by atoms with Crippen molar-refractivity contribution in [2.75, 3.05) is 25.0 Å². The zero-order chi connectivity index (χ0) is 31.9. The number of methoxy groups -OCH3 is 1. The summed E-state index contributed by atoms with van der Waals surface area (Å²) in [5, 5.41) is 3.15. The van der Waals surface area contributed by atoms with E-state index >= 15 is 0 Å². The summed E-state index contributed by atoms with van der Waals surface area (Å²) in [4.78, 5) is 29.3. The second kappa shape index (κ2) is 14.4. The molecule has 0 aliphatic heterocycles. The Morgan fingerprint density at radius 1 is 0.864 bits per heavy atom. The molecule has 0 aliphatic rings. The third-order valence-electron chi connectivity index (χ3n) is 7.25. The van der Waals surface area contributed by atoms with E-state index in [0.29, 0.717) is 10.6 Å². The number of aryl methyl sites for hydroxylation is 2. The number of halogens is 1. The van der Waals surface area contributed by atoms with Crippen LogP contribution in [-0.4, -0.2) is 51.9 Å². The van der Waals surface area contributed by atoms with E-state index in [1.54, 1.807) is 54.6 Å². The first-order chi connectivity index (χ1) is 21.0. The molecule has 10 heteroatoms. The number of rotatable bonds is 12. The Morgan fingerprint density at radius 2 is 1.52 bits per heavy atom. The number of ether oxygens (including phenoxy) is 1. The highest BCUT2D eigenvalue weighted by atomic mass is 35.5. The van der Waals surface area contributed by atoms with E-state index in [0.717, 1.165) is 21.0 Å². The van der Waals surface area contributed by atoms with Crippen LogP contribution in [0, 0.1) is 13.8 Å². The molecule has 1 N–H and O–H groups in total. The van der Waals surface area contributed by atoms with Crippen molar-refractivity contribution >= 4 is 39.1 Å². The molecule has 0 unspecified atom stereocenters. The van der Waals surface area contributed by atoms with Crippen LogP contribution < -0.4 is 14.4 Å². The summed E-state index contributed by atoms with van der Waals surface area (Å²) in [6, 6.07) is 27.0. The number of hydrogen-bond acceptors (Lipinski definition) is 5. The summed E-state index contributed by atoms with van der Waals surface area (Å²) in [5.41, 5.74) is 3.41. The van der Waals surface area contributed by atoms with Crippen molar-refractivity contribution in [1.29, 1.82) is 0 Å². The maximum atomic E-state index is 14.5. The highest BCUT2D eigenvalue weighted by Crippen LogP contribution is 2.34. The molecular formula is C34H36ClN3O5S. The third-order valence-corrected chi connectivity index (χ3v) is 9.26. The Balaban J connectivity index is 1.84. The molecule has 0 heterocycles. The van der Waals surface area contributed by atoms with Crippen LogP contribution in [-0.2, 0) is 32.6 Å². The van der Waals surface area contributed by atoms with E-state index in [2.05, 4.69) is 5.32 Å². The fourth-order valence-electron chi connectivity index (χ4n) is 4.90. The van der Waals surface area contributed by atoms with Crippen molar-refractivity contribution in [2.45, 2.75) is 37.8 Å². The summed E-state index contributed by atoms with van der Waals surface area (Å²) in [6.45, 7) is 3.13. The molecule has 44 heavy (non-hydrogen) atoms. The van der Waals surface area contributed by atoms with E-state index in [9.17, 15) is 18.0 Å². The van der Waals surface area contributed by atoms with Gasteiger partial charge in [-0.1, -0.05) is 77.8 Å². The SMILES string of the molecule is CNC(=O)[C@H](Cc1ccccc1)N(Cc1cccc(Cl)c1)C(=O)CN(c1cc(C)ccc1OC)S(=O)(=O)c1ccc(C)cc1. The van der Waals surface area contributed by atoms with Crippen LogP contribution in [0.25, 0.3) is 0 Å². The number of anilines is 1. The van der Waals surface area contributed by atoms with Gasteiger partial charge < -0.3 is 15.0 Å². The van der Waals surface area contributed by atoms with Crippen molar-refractivity contribution in [3.63, 3.8) is 0 Å². The summed E-state index contributed by atoms with van der Waals surface area (Å²) < 4.78 is 35.1. The summed E-state index contributed by atoms with van der Waals surface area (Å²) in [7, 11) is -1.30. The Labute approximate surface area is 264 Å². The fraction of sp³-hybridized carbons (Fsp3) is 0.235. The van der Waals surface area contributed by atoms with Gasteiger partial charge in [0.15, 0.2) is 0 Å². The lowest BCUT2D eigenvalue weighted by molar-refractivity contribution is -0.139. The highest BCUT2D eigenvalue weighted by Gasteiger charge is 2.35. The lowest BCUT2D eigenvalue weighted by Crippen LogP contribution is -2.53. The Morgan fingerprint density at radius 3 is 2.16 bits per heavy atom. The minimum atomic E-state index is -4.25. The molecular weight excluding hydrogens is 598 g/mol. The molecule has 8 nitrogen and oxygen atoms in total. The number of nitrogens with zero attached hydrogens (tertiary/aromatic N) is 2. The van der Waals surface area contributed by atoms with Gasteiger partial charge in [0.25, 0.3) is 10.0 Å². The van der Waals surface area contributed by atoms with E-state index in [1.807, 2.05) is 44.2 Å². The summed E-state index contributed by atoms with van der Waals surface area (Å²) >= 11 is 6.27. The second-order valence-corrected chi connectivity index (χ2v) is 12.8. The monoisotopic (exact) mass is 633 g/mol. The number of likely N-dealkylation sites (N-methyl/N-ethyl adjacent to an activating group) is 1. The zero-order valence-corrected chi connectivity index (χ0v) is 26.7. The van der Waals surface area contributed by atoms with Crippen LogP contribution in [0.2, 0.25) is 5.02 Å². The van der Waals surface area contributed by atoms with Crippen LogP contribution in [0.15, 0.2) is 102 Å². The van der Waals surface area contributed by atoms with Gasteiger partial charge in [-0.2, -0.15) is 0 Å². The van der Waals surface area contributed by atoms with Gasteiger partial charge in [0.05, 0.1) is 17.7 Å². The van der Waals surface area contributed by atoms with Crippen molar-refractivity contribution in [2.24, 2.45) is 0 Å². The largest absolute Gasteiger partial charge is 0.495 e. The number of nitrogens with one attached hydrogen (secondary N) is 1. The smallest absolute Gasteiger partial charge is 0.264 e. The van der Waals surface area contributed by atoms with Crippen LogP contribution in [0.4, 0.5) is 5.69 Å². The molecule has 0 bridgehead atoms. The number of hydrogen-bond donors (Lipinski definition) is 1. The van der Waals surface area contributed by atoms with Gasteiger partial charge in [0.2, 0.25) is 11.8 Å². The van der Waals surface area contributed by atoms with Crippen molar-refractivity contribution < 1.29 is 22.7 Å². The Bertz CT molecular complexity index is 1710. The van der Waals surface area contributed by atoms with Crippen LogP contribution in [0.1, 0.15) is 22.3 Å². The minimum absolute atomic E-state index is 0.0213. The average molecular weight is 634 g/mol. The normalized spacial score (nSPS) is 11.8. The second-order valence-electron chi connectivity index (χ2n) is 10.5. The molecule has 1 atom stereocenters. The third kappa shape index (κ3) is 7.78. The first-order valence-electron chi connectivity index (χ1n) is 14.1. The number of carbonyl (C=O) groups is 2. The van der Waals surface area contributed by atoms with Crippen LogP contribution in [0.3, 0.4) is 0 Å². The van der Waals surface area contributed by atoms with Gasteiger partial charge in [-0.05, 0) is 66.9 Å². The van der Waals surface area contributed by atoms with Gasteiger partial charge in [-0.25, -0.2) is 8.42 Å². The lowest BCUT2D eigenvalue weighted by Gasteiger charge is -2.34. The maximum Gasteiger partial charge on any atom is 0.264 e. The van der Waals surface area contributed by atoms with E-state index in [4.69, 9.17) is 16.3 Å². The van der Waals surface area contributed by atoms with E-state index < -0.39 is 28.5 Å². The first-order valence-corrected chi connectivity index (χ1v) is 15.9.